The molecule has 30 heavy (non-hydrogen) atoms. The Hall–Kier alpha value is -2.37. The zero-order valence-electron chi connectivity index (χ0n) is 17.9. The molecule has 4 rings (SSSR count). The summed E-state index contributed by atoms with van der Waals surface area (Å²) in [4.78, 5) is 17.5. The van der Waals surface area contributed by atoms with Gasteiger partial charge in [0.05, 0.1) is 13.7 Å². The Morgan fingerprint density at radius 1 is 1.00 bits per heavy atom. The van der Waals surface area contributed by atoms with E-state index in [0.717, 1.165) is 44.8 Å². The predicted octanol–water partition coefficient (Wildman–Crippen LogP) is 3.44. The highest BCUT2D eigenvalue weighted by atomic mass is 16.5. The van der Waals surface area contributed by atoms with Crippen molar-refractivity contribution in [3.63, 3.8) is 0 Å². The molecule has 1 heterocycles. The quantitative estimate of drug-likeness (QED) is 0.692. The van der Waals surface area contributed by atoms with Crippen LogP contribution in [0.2, 0.25) is 0 Å². The molecule has 2 aromatic carbocycles. The van der Waals surface area contributed by atoms with Gasteiger partial charge < -0.3 is 10.1 Å². The fraction of sp³-hybridized carbons (Fsp3) is 0.480. The maximum Gasteiger partial charge on any atom is 0.234 e. The summed E-state index contributed by atoms with van der Waals surface area (Å²) in [6.07, 6.45) is 4.45. The molecule has 0 radical (unpaired) electrons. The monoisotopic (exact) mass is 407 g/mol. The number of nitrogens with one attached hydrogen (secondary N) is 1. The molecule has 5 heteroatoms. The molecule has 1 amide bonds. The first-order valence-electron chi connectivity index (χ1n) is 11.1. The normalized spacial score (nSPS) is 17.8. The van der Waals surface area contributed by atoms with Gasteiger partial charge in [-0.2, -0.15) is 0 Å². The lowest BCUT2D eigenvalue weighted by molar-refractivity contribution is -0.123. The zero-order valence-corrected chi connectivity index (χ0v) is 17.9. The number of methoxy groups -OCH3 is 1. The number of rotatable bonds is 9. The summed E-state index contributed by atoms with van der Waals surface area (Å²) in [6.45, 7) is 4.38. The van der Waals surface area contributed by atoms with E-state index in [1.165, 1.54) is 24.0 Å². The minimum absolute atomic E-state index is 0.164. The molecule has 0 spiro atoms. The first kappa shape index (κ1) is 20.9. The fourth-order valence-corrected chi connectivity index (χ4v) is 4.25. The van der Waals surface area contributed by atoms with Crippen LogP contribution in [-0.4, -0.2) is 54.5 Å². The Morgan fingerprint density at radius 3 is 2.33 bits per heavy atom. The van der Waals surface area contributed by atoms with Gasteiger partial charge in [0.1, 0.15) is 5.75 Å². The summed E-state index contributed by atoms with van der Waals surface area (Å²) in [5, 5.41) is 3.29. The molecule has 1 saturated heterocycles. The number of carbonyl (C=O) groups is 1. The van der Waals surface area contributed by atoms with Crippen LogP contribution < -0.4 is 10.1 Å². The second-order valence-electron chi connectivity index (χ2n) is 8.59. The molecule has 1 aliphatic heterocycles. The number of ether oxygens (including phenoxy) is 1. The van der Waals surface area contributed by atoms with E-state index in [-0.39, 0.29) is 5.91 Å². The predicted molar refractivity (Wildman–Crippen MR) is 119 cm³/mol. The van der Waals surface area contributed by atoms with Crippen molar-refractivity contribution < 1.29 is 9.53 Å². The molecule has 5 nitrogen and oxygen atoms in total. The lowest BCUT2D eigenvalue weighted by atomic mass is 10.0. The molecule has 1 saturated carbocycles. The lowest BCUT2D eigenvalue weighted by Crippen LogP contribution is -2.47. The first-order chi connectivity index (χ1) is 14.7. The smallest absolute Gasteiger partial charge is 0.234 e. The van der Waals surface area contributed by atoms with E-state index >= 15 is 0 Å². The van der Waals surface area contributed by atoms with Gasteiger partial charge in [0.15, 0.2) is 0 Å². The summed E-state index contributed by atoms with van der Waals surface area (Å²) < 4.78 is 5.24. The van der Waals surface area contributed by atoms with Gasteiger partial charge in [-0.25, -0.2) is 0 Å². The van der Waals surface area contributed by atoms with E-state index in [0.29, 0.717) is 18.6 Å². The SMILES string of the molecule is COc1ccc(CN(CC(=O)NC2CCN(Cc3ccccc3)CC2)C2CC2)cc1. The van der Waals surface area contributed by atoms with Crippen molar-refractivity contribution >= 4 is 5.91 Å². The molecule has 1 N–H and O–H groups in total. The molecule has 2 aromatic rings. The molecule has 2 fully saturated rings. The fourth-order valence-electron chi connectivity index (χ4n) is 4.25. The van der Waals surface area contributed by atoms with Crippen LogP contribution in [0.5, 0.6) is 5.75 Å². The highest BCUT2D eigenvalue weighted by molar-refractivity contribution is 5.78. The number of nitrogens with zero attached hydrogens (tertiary/aromatic N) is 2. The number of hydrogen-bond acceptors (Lipinski definition) is 4. The molecule has 0 aromatic heterocycles. The van der Waals surface area contributed by atoms with E-state index in [1.807, 2.05) is 12.1 Å². The summed E-state index contributed by atoms with van der Waals surface area (Å²) in [7, 11) is 1.68. The number of benzene rings is 2. The largest absolute Gasteiger partial charge is 0.497 e. The summed E-state index contributed by atoms with van der Waals surface area (Å²) in [6, 6.07) is 19.6. The molecule has 0 bridgehead atoms. The van der Waals surface area contributed by atoms with Crippen molar-refractivity contribution in [2.45, 2.75) is 50.9 Å². The average Bonchev–Trinajstić information content (AvgIpc) is 3.61. The van der Waals surface area contributed by atoms with Crippen LogP contribution in [0.3, 0.4) is 0 Å². The number of likely N-dealkylation sites (tertiary alicyclic amines) is 1. The second-order valence-corrected chi connectivity index (χ2v) is 8.59. The van der Waals surface area contributed by atoms with Gasteiger partial charge in [-0.05, 0) is 48.9 Å². The van der Waals surface area contributed by atoms with Crippen molar-refractivity contribution in [2.75, 3.05) is 26.7 Å². The van der Waals surface area contributed by atoms with Crippen LogP contribution in [-0.2, 0) is 17.9 Å². The van der Waals surface area contributed by atoms with Crippen molar-refractivity contribution in [1.29, 1.82) is 0 Å². The topological polar surface area (TPSA) is 44.8 Å². The number of carbonyl (C=O) groups excluding carboxylic acids is 1. The molecular formula is C25H33N3O2. The third kappa shape index (κ3) is 6.07. The lowest BCUT2D eigenvalue weighted by Gasteiger charge is -2.33. The van der Waals surface area contributed by atoms with Gasteiger partial charge in [0.2, 0.25) is 5.91 Å². The number of hydrogen-bond donors (Lipinski definition) is 1. The Bertz CT molecular complexity index is 797. The van der Waals surface area contributed by atoms with E-state index < -0.39 is 0 Å². The van der Waals surface area contributed by atoms with Crippen LogP contribution in [0.25, 0.3) is 0 Å². The molecule has 1 aliphatic carbocycles. The van der Waals surface area contributed by atoms with Crippen molar-refractivity contribution in [3.05, 3.63) is 65.7 Å². The Morgan fingerprint density at radius 2 is 1.70 bits per heavy atom. The molecule has 0 unspecified atom stereocenters. The summed E-state index contributed by atoms with van der Waals surface area (Å²) in [5.41, 5.74) is 2.59. The van der Waals surface area contributed by atoms with Crippen molar-refractivity contribution in [1.82, 2.24) is 15.1 Å². The number of amides is 1. The van der Waals surface area contributed by atoms with Crippen LogP contribution in [0.4, 0.5) is 0 Å². The minimum Gasteiger partial charge on any atom is -0.497 e. The zero-order chi connectivity index (χ0) is 20.8. The van der Waals surface area contributed by atoms with Crippen LogP contribution >= 0.6 is 0 Å². The third-order valence-corrected chi connectivity index (χ3v) is 6.16. The maximum absolute atomic E-state index is 12.7. The minimum atomic E-state index is 0.164. The van der Waals surface area contributed by atoms with Gasteiger partial charge in [-0.3, -0.25) is 14.6 Å². The standard InChI is InChI=1S/C25H33N3O2/c1-30-24-11-7-21(8-12-24)18-28(23-9-10-23)19-25(29)26-22-13-15-27(16-14-22)17-20-5-3-2-4-6-20/h2-8,11-12,22-23H,9-10,13-19H2,1H3,(H,26,29). The molecule has 2 aliphatic rings. The van der Waals surface area contributed by atoms with Gasteiger partial charge in [0, 0.05) is 38.3 Å². The summed E-state index contributed by atoms with van der Waals surface area (Å²) >= 11 is 0. The third-order valence-electron chi connectivity index (χ3n) is 6.16. The van der Waals surface area contributed by atoms with E-state index in [1.54, 1.807) is 7.11 Å². The Kier molecular flexibility index (Phi) is 7.03. The second kappa shape index (κ2) is 10.1. The van der Waals surface area contributed by atoms with E-state index in [4.69, 9.17) is 4.74 Å². The van der Waals surface area contributed by atoms with Gasteiger partial charge in [-0.1, -0.05) is 42.5 Å². The van der Waals surface area contributed by atoms with Crippen LogP contribution in [0.1, 0.15) is 36.8 Å². The van der Waals surface area contributed by atoms with E-state index in [9.17, 15) is 4.79 Å². The summed E-state index contributed by atoms with van der Waals surface area (Å²) in [5.74, 6) is 1.03. The van der Waals surface area contributed by atoms with Gasteiger partial charge >= 0.3 is 0 Å². The van der Waals surface area contributed by atoms with Crippen LogP contribution in [0, 0.1) is 0 Å². The van der Waals surface area contributed by atoms with Gasteiger partial charge in [-0.15, -0.1) is 0 Å². The van der Waals surface area contributed by atoms with Gasteiger partial charge in [0.25, 0.3) is 0 Å². The Labute approximate surface area is 180 Å². The van der Waals surface area contributed by atoms with E-state index in [2.05, 4.69) is 57.6 Å². The molecule has 0 atom stereocenters. The first-order valence-corrected chi connectivity index (χ1v) is 11.1. The molecular weight excluding hydrogens is 374 g/mol. The highest BCUT2D eigenvalue weighted by Gasteiger charge is 2.31. The van der Waals surface area contributed by atoms with Crippen molar-refractivity contribution in [2.24, 2.45) is 0 Å². The Balaban J connectivity index is 1.22. The average molecular weight is 408 g/mol. The maximum atomic E-state index is 12.7. The highest BCUT2D eigenvalue weighted by Crippen LogP contribution is 2.28. The van der Waals surface area contributed by atoms with Crippen molar-refractivity contribution in [3.8, 4) is 5.75 Å². The molecule has 160 valence electrons. The van der Waals surface area contributed by atoms with Crippen LogP contribution in [0.15, 0.2) is 54.6 Å². The number of piperidine rings is 1.